The minimum absolute atomic E-state index is 0.0374. The van der Waals surface area contributed by atoms with Gasteiger partial charge in [-0.25, -0.2) is 0 Å². The number of hydrogen-bond acceptors (Lipinski definition) is 1. The van der Waals surface area contributed by atoms with E-state index in [-0.39, 0.29) is 5.54 Å². The number of rotatable bonds is 4. The molecule has 0 fully saturated rings. The van der Waals surface area contributed by atoms with Gasteiger partial charge >= 0.3 is 0 Å². The van der Waals surface area contributed by atoms with Gasteiger partial charge in [-0.3, -0.25) is 0 Å². The average Bonchev–Trinajstić information content (AvgIpc) is 1.84. The zero-order valence-electron chi connectivity index (χ0n) is 6.08. The predicted octanol–water partition coefficient (Wildman–Crippen LogP) is 1.78. The molecule has 0 aliphatic heterocycles. The van der Waals surface area contributed by atoms with Crippen molar-refractivity contribution in [2.45, 2.75) is 19.4 Å². The lowest BCUT2D eigenvalue weighted by atomic mass is 10.1. The van der Waals surface area contributed by atoms with Crippen molar-refractivity contribution in [1.82, 2.24) is 5.32 Å². The summed E-state index contributed by atoms with van der Waals surface area (Å²) in [5.41, 5.74) is 0.0374. The molecule has 0 aliphatic carbocycles. The molecule has 0 aromatic heterocycles. The summed E-state index contributed by atoms with van der Waals surface area (Å²) in [5.74, 6) is 0.626. The Morgan fingerprint density at radius 3 is 2.56 bits per heavy atom. The van der Waals surface area contributed by atoms with Crippen molar-refractivity contribution in [2.75, 3.05) is 12.4 Å². The largest absolute Gasteiger partial charge is 0.307 e. The van der Waals surface area contributed by atoms with Crippen LogP contribution in [-0.2, 0) is 0 Å². The van der Waals surface area contributed by atoms with Crippen LogP contribution in [0.15, 0.2) is 12.7 Å². The molecule has 0 aromatic carbocycles. The molecule has 2 heteroatoms. The Bertz CT molecular complexity index is 88.9. The minimum Gasteiger partial charge on any atom is -0.307 e. The first-order valence-electron chi connectivity index (χ1n) is 3.04. The summed E-state index contributed by atoms with van der Waals surface area (Å²) in [6, 6.07) is 0. The molecule has 0 bridgehead atoms. The van der Waals surface area contributed by atoms with E-state index in [1.165, 1.54) is 0 Å². The Labute approximate surface area is 62.1 Å². The smallest absolute Gasteiger partial charge is 0.0400 e. The first-order valence-corrected chi connectivity index (χ1v) is 3.58. The van der Waals surface area contributed by atoms with E-state index in [1.807, 2.05) is 6.08 Å². The summed E-state index contributed by atoms with van der Waals surface area (Å²) in [7, 11) is 0. The predicted molar refractivity (Wildman–Crippen MR) is 43.0 cm³/mol. The first-order chi connectivity index (χ1) is 4.12. The van der Waals surface area contributed by atoms with Crippen LogP contribution in [0, 0.1) is 0 Å². The van der Waals surface area contributed by atoms with Gasteiger partial charge in [-0.2, -0.15) is 0 Å². The van der Waals surface area contributed by atoms with E-state index in [0.29, 0.717) is 5.88 Å². The van der Waals surface area contributed by atoms with Crippen LogP contribution in [0.5, 0.6) is 0 Å². The van der Waals surface area contributed by atoms with Crippen LogP contribution < -0.4 is 5.32 Å². The van der Waals surface area contributed by atoms with Gasteiger partial charge in [0.25, 0.3) is 0 Å². The molecular weight excluding hydrogens is 134 g/mol. The Morgan fingerprint density at radius 2 is 2.22 bits per heavy atom. The molecular formula is C7H14ClN. The third kappa shape index (κ3) is 4.49. The highest BCUT2D eigenvalue weighted by atomic mass is 35.5. The lowest BCUT2D eigenvalue weighted by Crippen LogP contribution is -2.40. The van der Waals surface area contributed by atoms with E-state index in [4.69, 9.17) is 11.6 Å². The van der Waals surface area contributed by atoms with Crippen LogP contribution in [0.2, 0.25) is 0 Å². The molecule has 0 aliphatic rings. The summed E-state index contributed by atoms with van der Waals surface area (Å²) in [4.78, 5) is 0. The summed E-state index contributed by atoms with van der Waals surface area (Å²) < 4.78 is 0. The second kappa shape index (κ2) is 3.91. The molecule has 1 nitrogen and oxygen atoms in total. The summed E-state index contributed by atoms with van der Waals surface area (Å²) >= 11 is 5.63. The van der Waals surface area contributed by atoms with E-state index in [2.05, 4.69) is 25.7 Å². The second-order valence-corrected chi connectivity index (χ2v) is 2.95. The van der Waals surface area contributed by atoms with Gasteiger partial charge < -0.3 is 5.32 Å². The van der Waals surface area contributed by atoms with Gasteiger partial charge in [-0.05, 0) is 13.8 Å². The van der Waals surface area contributed by atoms with Crippen LogP contribution >= 0.6 is 11.6 Å². The maximum Gasteiger partial charge on any atom is 0.0400 e. The van der Waals surface area contributed by atoms with Gasteiger partial charge in [0.2, 0.25) is 0 Å². The second-order valence-electron chi connectivity index (χ2n) is 2.69. The lowest BCUT2D eigenvalue weighted by molar-refractivity contribution is 0.455. The Balaban J connectivity index is 3.44. The van der Waals surface area contributed by atoms with Crippen LogP contribution in [0.4, 0.5) is 0 Å². The summed E-state index contributed by atoms with van der Waals surface area (Å²) in [5, 5.41) is 3.21. The fourth-order valence-corrected chi connectivity index (χ4v) is 0.490. The maximum atomic E-state index is 5.63. The molecule has 0 saturated heterocycles. The molecule has 0 saturated carbocycles. The monoisotopic (exact) mass is 147 g/mol. The number of halogens is 1. The quantitative estimate of drug-likeness (QED) is 0.472. The van der Waals surface area contributed by atoms with Crippen molar-refractivity contribution in [2.24, 2.45) is 0 Å². The van der Waals surface area contributed by atoms with Crippen LogP contribution in [0.3, 0.4) is 0 Å². The van der Waals surface area contributed by atoms with E-state index < -0.39 is 0 Å². The van der Waals surface area contributed by atoms with Gasteiger partial charge in [-0.1, -0.05) is 6.08 Å². The molecule has 0 amide bonds. The maximum absolute atomic E-state index is 5.63. The topological polar surface area (TPSA) is 12.0 Å². The lowest BCUT2D eigenvalue weighted by Gasteiger charge is -2.21. The Morgan fingerprint density at radius 1 is 1.67 bits per heavy atom. The standard InChI is InChI=1S/C7H14ClN/c1-4-5-9-7(2,3)6-8/h4,9H,1,5-6H2,2-3H3. The molecule has 0 rings (SSSR count). The molecule has 0 atom stereocenters. The highest BCUT2D eigenvalue weighted by molar-refractivity contribution is 6.18. The van der Waals surface area contributed by atoms with Crippen LogP contribution in [-0.4, -0.2) is 18.0 Å². The zero-order valence-corrected chi connectivity index (χ0v) is 6.83. The zero-order chi connectivity index (χ0) is 7.33. The number of nitrogens with one attached hydrogen (secondary N) is 1. The van der Waals surface area contributed by atoms with Crippen molar-refractivity contribution in [3.63, 3.8) is 0 Å². The fourth-order valence-electron chi connectivity index (χ4n) is 0.396. The minimum atomic E-state index is 0.0374. The van der Waals surface area contributed by atoms with E-state index in [1.54, 1.807) is 0 Å². The van der Waals surface area contributed by atoms with Gasteiger partial charge in [0.05, 0.1) is 0 Å². The third-order valence-electron chi connectivity index (χ3n) is 1.06. The van der Waals surface area contributed by atoms with E-state index in [9.17, 15) is 0 Å². The molecule has 1 N–H and O–H groups in total. The number of hydrogen-bond donors (Lipinski definition) is 1. The first kappa shape index (κ1) is 8.99. The molecule has 0 heterocycles. The van der Waals surface area contributed by atoms with Gasteiger partial charge in [0, 0.05) is 18.0 Å². The summed E-state index contributed by atoms with van der Waals surface area (Å²) in [6.45, 7) is 8.53. The normalized spacial score (nSPS) is 11.4. The van der Waals surface area contributed by atoms with Gasteiger partial charge in [0.1, 0.15) is 0 Å². The third-order valence-corrected chi connectivity index (χ3v) is 1.73. The molecule has 0 spiro atoms. The van der Waals surface area contributed by atoms with Gasteiger partial charge in [-0.15, -0.1) is 18.2 Å². The Kier molecular flexibility index (Phi) is 3.91. The van der Waals surface area contributed by atoms with Crippen molar-refractivity contribution in [3.05, 3.63) is 12.7 Å². The highest BCUT2D eigenvalue weighted by Gasteiger charge is 2.12. The van der Waals surface area contributed by atoms with Crippen LogP contribution in [0.25, 0.3) is 0 Å². The molecule has 0 unspecified atom stereocenters. The molecule has 0 radical (unpaired) electrons. The van der Waals surface area contributed by atoms with Crippen LogP contribution in [0.1, 0.15) is 13.8 Å². The van der Waals surface area contributed by atoms with E-state index >= 15 is 0 Å². The highest BCUT2D eigenvalue weighted by Crippen LogP contribution is 2.02. The van der Waals surface area contributed by atoms with Crippen molar-refractivity contribution >= 4 is 11.6 Å². The number of alkyl halides is 1. The molecule has 0 aromatic rings. The SMILES string of the molecule is C=CCNC(C)(C)CCl. The van der Waals surface area contributed by atoms with Crippen molar-refractivity contribution in [3.8, 4) is 0 Å². The molecule has 9 heavy (non-hydrogen) atoms. The van der Waals surface area contributed by atoms with E-state index in [0.717, 1.165) is 6.54 Å². The summed E-state index contributed by atoms with van der Waals surface area (Å²) in [6.07, 6.45) is 1.83. The Hall–Kier alpha value is -0.0100. The average molecular weight is 148 g/mol. The fraction of sp³-hybridized carbons (Fsp3) is 0.714. The molecule has 54 valence electrons. The van der Waals surface area contributed by atoms with Gasteiger partial charge in [0.15, 0.2) is 0 Å². The van der Waals surface area contributed by atoms with Crippen molar-refractivity contribution in [1.29, 1.82) is 0 Å². The van der Waals surface area contributed by atoms with Crippen molar-refractivity contribution < 1.29 is 0 Å².